The minimum absolute atomic E-state index is 1.08. The second-order valence-electron chi connectivity index (χ2n) is 8.31. The first-order valence-corrected chi connectivity index (χ1v) is 11.1. The molecule has 3 rings (SSSR count). The van der Waals surface area contributed by atoms with E-state index in [1.54, 1.807) is 6.33 Å². The molecule has 0 aliphatic heterocycles. The summed E-state index contributed by atoms with van der Waals surface area (Å²) in [5.74, 6) is 0. The van der Waals surface area contributed by atoms with Crippen LogP contribution in [0.25, 0.3) is 12.2 Å². The zero-order valence-electron chi connectivity index (χ0n) is 19.3. The highest BCUT2D eigenvalue weighted by Gasteiger charge is 2.11. The van der Waals surface area contributed by atoms with Crippen LogP contribution in [0.4, 0.5) is 5.69 Å². The van der Waals surface area contributed by atoms with Gasteiger partial charge in [0.2, 0.25) is 0 Å². The van der Waals surface area contributed by atoms with E-state index in [4.69, 9.17) is 0 Å². The van der Waals surface area contributed by atoms with Crippen LogP contribution in [-0.4, -0.2) is 24.1 Å². The zero-order valence-corrected chi connectivity index (χ0v) is 19.3. The molecule has 0 spiro atoms. The lowest BCUT2D eigenvalue weighted by molar-refractivity contribution is -0.709. The van der Waals surface area contributed by atoms with Gasteiger partial charge in [0, 0.05) is 64.1 Å². The quantitative estimate of drug-likeness (QED) is 0.269. The van der Waals surface area contributed by atoms with Gasteiger partial charge in [-0.2, -0.15) is 0 Å². The molecule has 3 aromatic rings. The van der Waals surface area contributed by atoms with E-state index < -0.39 is 0 Å². The van der Waals surface area contributed by atoms with Crippen molar-refractivity contribution in [2.24, 2.45) is 0 Å². The van der Waals surface area contributed by atoms with Gasteiger partial charge in [-0.3, -0.25) is 0 Å². The predicted octanol–water partition coefficient (Wildman–Crippen LogP) is 5.52. The molecular weight excluding hydrogens is 380 g/mol. The lowest BCUT2D eigenvalue weighted by Gasteiger charge is -2.11. The van der Waals surface area contributed by atoms with Crippen molar-refractivity contribution < 1.29 is 4.57 Å². The molecule has 4 heteroatoms. The second kappa shape index (κ2) is 11.3. The first-order chi connectivity index (χ1) is 15.0. The lowest BCUT2D eigenvalue weighted by atomic mass is 10.1. The number of nitrogens with zero attached hydrogens (tertiary/aromatic N) is 3. The van der Waals surface area contributed by atoms with E-state index in [0.29, 0.717) is 0 Å². The molecule has 0 bridgehead atoms. The third-order valence-electron chi connectivity index (χ3n) is 5.58. The van der Waals surface area contributed by atoms with Gasteiger partial charge >= 0.3 is 0 Å². The number of allylic oxidation sites excluding steroid dienone is 2. The van der Waals surface area contributed by atoms with Crippen molar-refractivity contribution >= 4 is 17.8 Å². The number of hydrogen-bond donors (Lipinski definition) is 1. The van der Waals surface area contributed by atoms with Crippen molar-refractivity contribution in [3.63, 3.8) is 0 Å². The molecular formula is C27H35N4+. The molecule has 2 heterocycles. The number of hydrogen-bond acceptors (Lipinski definition) is 2. The molecule has 0 aliphatic rings. The van der Waals surface area contributed by atoms with Gasteiger partial charge in [-0.15, -0.1) is 0 Å². The Morgan fingerprint density at radius 1 is 0.903 bits per heavy atom. The molecule has 2 aromatic heterocycles. The van der Waals surface area contributed by atoms with Crippen LogP contribution in [0, 0.1) is 13.8 Å². The summed E-state index contributed by atoms with van der Waals surface area (Å²) in [6.45, 7) is 5.49. The highest BCUT2D eigenvalue weighted by atomic mass is 15.1. The summed E-state index contributed by atoms with van der Waals surface area (Å²) in [5, 5.41) is 0. The van der Waals surface area contributed by atoms with E-state index in [2.05, 4.69) is 108 Å². The maximum absolute atomic E-state index is 4.08. The van der Waals surface area contributed by atoms with Gasteiger partial charge < -0.3 is 9.88 Å². The summed E-state index contributed by atoms with van der Waals surface area (Å²) >= 11 is 0. The Bertz CT molecular complexity index is 973. The molecule has 0 unspecified atom stereocenters. The SMILES string of the molecule is Cc1cc(/C=C/C=C/c2ccc(N(C)C)cc2)cc(C)[n+]1CCCCCc1cnc[nH]1. The molecule has 4 nitrogen and oxygen atoms in total. The number of benzene rings is 1. The minimum Gasteiger partial charge on any atom is -0.378 e. The van der Waals surface area contributed by atoms with Crippen molar-refractivity contribution in [1.82, 2.24) is 9.97 Å². The normalized spacial score (nSPS) is 11.6. The molecule has 0 atom stereocenters. The lowest BCUT2D eigenvalue weighted by Crippen LogP contribution is -2.40. The number of aromatic amines is 1. The average Bonchev–Trinajstić information content (AvgIpc) is 3.26. The number of imidazole rings is 1. The number of H-pyrrole nitrogens is 1. The maximum Gasteiger partial charge on any atom is 0.179 e. The monoisotopic (exact) mass is 415 g/mol. The Hall–Kier alpha value is -3.14. The van der Waals surface area contributed by atoms with Gasteiger partial charge in [0.05, 0.1) is 6.33 Å². The topological polar surface area (TPSA) is 35.8 Å². The highest BCUT2D eigenvalue weighted by molar-refractivity contribution is 5.59. The van der Waals surface area contributed by atoms with Gasteiger partial charge in [0.25, 0.3) is 0 Å². The number of anilines is 1. The number of aryl methyl sites for hydroxylation is 3. The summed E-state index contributed by atoms with van der Waals surface area (Å²) in [7, 11) is 4.12. The Balaban J connectivity index is 1.50. The smallest absolute Gasteiger partial charge is 0.179 e. The molecule has 0 aliphatic carbocycles. The molecule has 1 N–H and O–H groups in total. The number of rotatable bonds is 10. The first kappa shape index (κ1) is 22.5. The summed E-state index contributed by atoms with van der Waals surface area (Å²) in [4.78, 5) is 9.37. The van der Waals surface area contributed by atoms with Gasteiger partial charge in [-0.1, -0.05) is 36.4 Å². The predicted molar refractivity (Wildman–Crippen MR) is 131 cm³/mol. The summed E-state index contributed by atoms with van der Waals surface area (Å²) in [5.41, 5.74) is 7.54. The average molecular weight is 416 g/mol. The molecule has 0 amide bonds. The van der Waals surface area contributed by atoms with E-state index in [1.807, 2.05) is 6.20 Å². The van der Waals surface area contributed by atoms with E-state index >= 15 is 0 Å². The maximum atomic E-state index is 4.08. The summed E-state index contributed by atoms with van der Waals surface area (Å²) in [6.07, 6.45) is 16.9. The highest BCUT2D eigenvalue weighted by Crippen LogP contribution is 2.13. The molecule has 162 valence electrons. The Kier molecular flexibility index (Phi) is 8.22. The second-order valence-corrected chi connectivity index (χ2v) is 8.31. The summed E-state index contributed by atoms with van der Waals surface area (Å²) in [6, 6.07) is 13.1. The van der Waals surface area contributed by atoms with E-state index in [0.717, 1.165) is 13.0 Å². The number of unbranched alkanes of at least 4 members (excludes halogenated alkanes) is 2. The molecule has 0 saturated carbocycles. The van der Waals surface area contributed by atoms with Crippen LogP contribution >= 0.6 is 0 Å². The van der Waals surface area contributed by atoms with Crippen LogP contribution in [0.3, 0.4) is 0 Å². The van der Waals surface area contributed by atoms with E-state index in [1.165, 1.54) is 53.2 Å². The molecule has 1 aromatic carbocycles. The summed E-state index contributed by atoms with van der Waals surface area (Å²) < 4.78 is 2.43. The van der Waals surface area contributed by atoms with Crippen LogP contribution in [0.2, 0.25) is 0 Å². The van der Waals surface area contributed by atoms with Gasteiger partial charge in [-0.05, 0) is 42.5 Å². The molecule has 31 heavy (non-hydrogen) atoms. The largest absolute Gasteiger partial charge is 0.378 e. The Morgan fingerprint density at radius 2 is 1.58 bits per heavy atom. The molecule has 0 radical (unpaired) electrons. The minimum atomic E-state index is 1.08. The van der Waals surface area contributed by atoms with Crippen LogP contribution in [0.15, 0.2) is 61.1 Å². The van der Waals surface area contributed by atoms with Crippen LogP contribution in [0.1, 0.15) is 47.5 Å². The van der Waals surface area contributed by atoms with Crippen molar-refractivity contribution in [2.75, 3.05) is 19.0 Å². The van der Waals surface area contributed by atoms with Crippen molar-refractivity contribution in [3.05, 3.63) is 89.3 Å². The Labute approximate surface area is 187 Å². The standard InChI is InChI=1S/C27H35N4/c1-22-18-25(11-8-7-10-24-13-15-27(16-14-24)30(3)4)19-23(2)31(22)17-9-5-6-12-26-20-28-21-29-26/h7-8,10-11,13-16,18-21H,5-6,9,12,17H2,1-4H3,(H,28,29)/q+1. The van der Waals surface area contributed by atoms with E-state index in [-0.39, 0.29) is 0 Å². The fourth-order valence-corrected chi connectivity index (χ4v) is 3.81. The first-order valence-electron chi connectivity index (χ1n) is 11.1. The number of nitrogens with one attached hydrogen (secondary N) is 1. The zero-order chi connectivity index (χ0) is 22.1. The molecule has 0 fully saturated rings. The Morgan fingerprint density at radius 3 is 2.19 bits per heavy atom. The van der Waals surface area contributed by atoms with Crippen molar-refractivity contribution in [3.8, 4) is 0 Å². The fraction of sp³-hybridized carbons (Fsp3) is 0.333. The van der Waals surface area contributed by atoms with Crippen molar-refractivity contribution in [2.45, 2.75) is 46.1 Å². The van der Waals surface area contributed by atoms with Crippen LogP contribution in [-0.2, 0) is 13.0 Å². The third kappa shape index (κ3) is 6.95. The van der Waals surface area contributed by atoms with Crippen molar-refractivity contribution in [1.29, 1.82) is 0 Å². The molecule has 0 saturated heterocycles. The number of aromatic nitrogens is 3. The third-order valence-corrected chi connectivity index (χ3v) is 5.58. The van der Waals surface area contributed by atoms with Gasteiger partial charge in [-0.25, -0.2) is 9.55 Å². The fourth-order valence-electron chi connectivity index (χ4n) is 3.81. The van der Waals surface area contributed by atoms with E-state index in [9.17, 15) is 0 Å². The number of pyridine rings is 1. The van der Waals surface area contributed by atoms with Crippen LogP contribution in [0.5, 0.6) is 0 Å². The van der Waals surface area contributed by atoms with Crippen LogP contribution < -0.4 is 9.47 Å². The van der Waals surface area contributed by atoms with Gasteiger partial charge in [0.1, 0.15) is 6.54 Å². The van der Waals surface area contributed by atoms with Gasteiger partial charge in [0.15, 0.2) is 11.4 Å².